The molecule has 150 valence electrons. The Kier molecular flexibility index (Phi) is 5.97. The van der Waals surface area contributed by atoms with E-state index in [1.807, 2.05) is 12.1 Å². The maximum absolute atomic E-state index is 13.0. The van der Waals surface area contributed by atoms with Gasteiger partial charge in [-0.25, -0.2) is 8.42 Å². The first-order valence-electron chi connectivity index (χ1n) is 8.81. The van der Waals surface area contributed by atoms with Crippen LogP contribution in [0.15, 0.2) is 53.7 Å². The number of rotatable bonds is 6. The van der Waals surface area contributed by atoms with Crippen LogP contribution in [0.3, 0.4) is 0 Å². The van der Waals surface area contributed by atoms with E-state index < -0.39 is 34.2 Å². The molecule has 9 heteroatoms. The molecule has 1 aromatic heterocycles. The van der Waals surface area contributed by atoms with E-state index in [1.165, 1.54) is 12.1 Å². The first kappa shape index (κ1) is 20.2. The molecule has 3 atom stereocenters. The zero-order valence-electron chi connectivity index (χ0n) is 15.6. The predicted octanol–water partition coefficient (Wildman–Crippen LogP) is 1.91. The minimum absolute atomic E-state index is 0.0105. The minimum atomic E-state index is -4.00. The number of ether oxygens (including phenoxy) is 2. The molecule has 0 spiro atoms. The summed E-state index contributed by atoms with van der Waals surface area (Å²) in [5.41, 5.74) is 0.937. The second kappa shape index (κ2) is 8.26. The molecule has 1 aliphatic rings. The van der Waals surface area contributed by atoms with Crippen LogP contribution in [0.5, 0.6) is 5.75 Å². The Morgan fingerprint density at radius 2 is 1.86 bits per heavy atom. The van der Waals surface area contributed by atoms with E-state index >= 15 is 0 Å². The normalized spacial score (nSPS) is 23.3. The quantitative estimate of drug-likeness (QED) is 0.781. The summed E-state index contributed by atoms with van der Waals surface area (Å²) in [7, 11) is -4.00. The number of hydrogen-bond acceptors (Lipinski definition) is 6. The second-order valence-electron chi connectivity index (χ2n) is 6.63. The number of aliphatic carboxylic acids is 1. The van der Waals surface area contributed by atoms with E-state index in [2.05, 4.69) is 4.98 Å². The van der Waals surface area contributed by atoms with Gasteiger partial charge in [0.15, 0.2) is 0 Å². The third-order valence-electron chi connectivity index (χ3n) is 4.48. The van der Waals surface area contributed by atoms with Gasteiger partial charge in [-0.2, -0.15) is 4.31 Å². The van der Waals surface area contributed by atoms with Crippen LogP contribution in [0.1, 0.15) is 19.4 Å². The Morgan fingerprint density at radius 3 is 2.46 bits per heavy atom. The Morgan fingerprint density at radius 1 is 1.21 bits per heavy atom. The van der Waals surface area contributed by atoms with Crippen LogP contribution in [0, 0.1) is 0 Å². The van der Waals surface area contributed by atoms with Gasteiger partial charge in [0.1, 0.15) is 18.4 Å². The number of nitrogens with zero attached hydrogens (tertiary/aromatic N) is 2. The monoisotopic (exact) mass is 406 g/mol. The molecule has 2 heterocycles. The van der Waals surface area contributed by atoms with Crippen molar-refractivity contribution < 1.29 is 27.8 Å². The molecule has 0 bridgehead atoms. The molecule has 0 amide bonds. The SMILES string of the molecule is C[C@@H]1O[C@@H](C)CN(S(=O)(=O)c2ccc(OCc3ccncc3)cc2)[C@@H]1C(=O)O. The predicted molar refractivity (Wildman–Crippen MR) is 100 cm³/mol. The molecule has 28 heavy (non-hydrogen) atoms. The molecular weight excluding hydrogens is 384 g/mol. The molecule has 0 radical (unpaired) electrons. The molecule has 0 aliphatic carbocycles. The Balaban J connectivity index is 1.78. The van der Waals surface area contributed by atoms with Gasteiger partial charge in [0.2, 0.25) is 10.0 Å². The van der Waals surface area contributed by atoms with Crippen LogP contribution in [0.4, 0.5) is 0 Å². The largest absolute Gasteiger partial charge is 0.489 e. The number of morpholine rings is 1. The van der Waals surface area contributed by atoms with E-state index in [9.17, 15) is 18.3 Å². The van der Waals surface area contributed by atoms with Gasteiger partial charge in [0, 0.05) is 18.9 Å². The first-order valence-corrected chi connectivity index (χ1v) is 10.2. The van der Waals surface area contributed by atoms with E-state index in [4.69, 9.17) is 9.47 Å². The molecule has 1 saturated heterocycles. The summed E-state index contributed by atoms with van der Waals surface area (Å²) in [6, 6.07) is 8.32. The highest BCUT2D eigenvalue weighted by atomic mass is 32.2. The summed E-state index contributed by atoms with van der Waals surface area (Å²) in [5, 5.41) is 9.49. The lowest BCUT2D eigenvalue weighted by Gasteiger charge is -2.39. The fourth-order valence-corrected chi connectivity index (χ4v) is 4.86. The summed E-state index contributed by atoms with van der Waals surface area (Å²) >= 11 is 0. The Labute approximate surface area is 163 Å². The van der Waals surface area contributed by atoms with Gasteiger partial charge in [-0.15, -0.1) is 0 Å². The summed E-state index contributed by atoms with van der Waals surface area (Å²) in [5.74, 6) is -0.727. The molecular formula is C19H22N2O6S. The van der Waals surface area contributed by atoms with Gasteiger partial charge in [0.25, 0.3) is 0 Å². The molecule has 8 nitrogen and oxygen atoms in total. The van der Waals surface area contributed by atoms with E-state index in [0.717, 1.165) is 9.87 Å². The van der Waals surface area contributed by atoms with Gasteiger partial charge >= 0.3 is 5.97 Å². The summed E-state index contributed by atoms with van der Waals surface area (Å²) < 4.78 is 38.2. The average molecular weight is 406 g/mol. The van der Waals surface area contributed by atoms with Crippen molar-refractivity contribution in [3.8, 4) is 5.75 Å². The van der Waals surface area contributed by atoms with Crippen molar-refractivity contribution in [3.63, 3.8) is 0 Å². The van der Waals surface area contributed by atoms with Crippen molar-refractivity contribution in [2.24, 2.45) is 0 Å². The van der Waals surface area contributed by atoms with Crippen LogP contribution >= 0.6 is 0 Å². The van der Waals surface area contributed by atoms with Crippen LogP contribution in [0.25, 0.3) is 0 Å². The fourth-order valence-electron chi connectivity index (χ4n) is 3.15. The van der Waals surface area contributed by atoms with Crippen molar-refractivity contribution in [2.45, 2.75) is 43.6 Å². The van der Waals surface area contributed by atoms with Gasteiger partial charge in [-0.1, -0.05) is 0 Å². The van der Waals surface area contributed by atoms with Crippen LogP contribution in [-0.4, -0.2) is 53.6 Å². The van der Waals surface area contributed by atoms with Crippen LogP contribution < -0.4 is 4.74 Å². The zero-order valence-corrected chi connectivity index (χ0v) is 16.4. The first-order chi connectivity index (χ1) is 13.3. The third-order valence-corrected chi connectivity index (χ3v) is 6.34. The maximum atomic E-state index is 13.0. The van der Waals surface area contributed by atoms with Gasteiger partial charge in [0.05, 0.1) is 17.1 Å². The molecule has 1 aliphatic heterocycles. The van der Waals surface area contributed by atoms with Crippen molar-refractivity contribution in [1.29, 1.82) is 0 Å². The molecule has 1 N–H and O–H groups in total. The summed E-state index contributed by atoms with van der Waals surface area (Å²) in [6.45, 7) is 3.58. The van der Waals surface area contributed by atoms with Crippen molar-refractivity contribution in [3.05, 3.63) is 54.4 Å². The summed E-state index contributed by atoms with van der Waals surface area (Å²) in [4.78, 5) is 15.6. The topological polar surface area (TPSA) is 106 Å². The lowest BCUT2D eigenvalue weighted by Crippen LogP contribution is -2.58. The Bertz CT molecular complexity index is 917. The number of carboxylic acid groups (broad SMARTS) is 1. The number of carboxylic acids is 1. The molecule has 3 rings (SSSR count). The number of sulfonamides is 1. The van der Waals surface area contributed by atoms with Crippen LogP contribution in [0.2, 0.25) is 0 Å². The minimum Gasteiger partial charge on any atom is -0.489 e. The fraction of sp³-hybridized carbons (Fsp3) is 0.368. The molecule has 1 aromatic carbocycles. The average Bonchev–Trinajstić information content (AvgIpc) is 2.66. The number of pyridine rings is 1. The van der Waals surface area contributed by atoms with E-state index in [0.29, 0.717) is 12.4 Å². The highest BCUT2D eigenvalue weighted by molar-refractivity contribution is 7.89. The molecule has 0 unspecified atom stereocenters. The van der Waals surface area contributed by atoms with Crippen molar-refractivity contribution >= 4 is 16.0 Å². The Hall–Kier alpha value is -2.49. The lowest BCUT2D eigenvalue weighted by atomic mass is 10.1. The van der Waals surface area contributed by atoms with E-state index in [-0.39, 0.29) is 11.4 Å². The smallest absolute Gasteiger partial charge is 0.324 e. The van der Waals surface area contributed by atoms with Crippen LogP contribution in [-0.2, 0) is 26.2 Å². The second-order valence-corrected chi connectivity index (χ2v) is 8.52. The third kappa shape index (κ3) is 4.32. The number of carbonyl (C=O) groups is 1. The summed E-state index contributed by atoms with van der Waals surface area (Å²) in [6.07, 6.45) is 2.18. The molecule has 2 aromatic rings. The van der Waals surface area contributed by atoms with Gasteiger partial charge < -0.3 is 14.6 Å². The van der Waals surface area contributed by atoms with Crippen molar-refractivity contribution in [2.75, 3.05) is 6.54 Å². The van der Waals surface area contributed by atoms with E-state index in [1.54, 1.807) is 38.4 Å². The molecule has 0 saturated carbocycles. The number of benzene rings is 1. The standard InChI is InChI=1S/C19H22N2O6S/c1-13-11-21(18(19(22)23)14(2)27-13)28(24,25)17-5-3-16(4-6-17)26-12-15-7-9-20-10-8-15/h3-10,13-14,18H,11-12H2,1-2H3,(H,22,23)/t13-,14-,18-/m0/s1. The maximum Gasteiger partial charge on any atom is 0.324 e. The van der Waals surface area contributed by atoms with Gasteiger partial charge in [-0.05, 0) is 55.8 Å². The highest BCUT2D eigenvalue weighted by Crippen LogP contribution is 2.27. The molecule has 1 fully saturated rings. The van der Waals surface area contributed by atoms with Crippen molar-refractivity contribution in [1.82, 2.24) is 9.29 Å². The lowest BCUT2D eigenvalue weighted by molar-refractivity contribution is -0.155. The zero-order chi connectivity index (χ0) is 20.3. The number of hydrogen-bond donors (Lipinski definition) is 1. The van der Waals surface area contributed by atoms with Gasteiger partial charge in [-0.3, -0.25) is 9.78 Å². The highest BCUT2D eigenvalue weighted by Gasteiger charge is 2.44. The number of aromatic nitrogens is 1.